The van der Waals surface area contributed by atoms with Crippen LogP contribution in [-0.4, -0.2) is 14.1 Å². The van der Waals surface area contributed by atoms with Crippen molar-refractivity contribution in [2.75, 3.05) is 19.0 Å². The van der Waals surface area contributed by atoms with Crippen molar-refractivity contribution in [3.63, 3.8) is 0 Å². The molecule has 0 aliphatic rings. The predicted molar refractivity (Wildman–Crippen MR) is 58.2 cm³/mol. The second kappa shape index (κ2) is 4.54. The van der Waals surface area contributed by atoms with E-state index >= 15 is 0 Å². The maximum Gasteiger partial charge on any atom is 0.0361 e. The Hall–Kier alpha value is -1.46. The van der Waals surface area contributed by atoms with Gasteiger partial charge in [0.2, 0.25) is 0 Å². The van der Waals surface area contributed by atoms with E-state index in [0.717, 1.165) is 6.42 Å². The fourth-order valence-electron chi connectivity index (χ4n) is 1.12. The molecular weight excluding hydrogens is 158 g/mol. The van der Waals surface area contributed by atoms with Gasteiger partial charge in [0.15, 0.2) is 0 Å². The summed E-state index contributed by atoms with van der Waals surface area (Å²) in [7, 11) is 4.08. The predicted octanol–water partition coefficient (Wildman–Crippen LogP) is 2.64. The SMILES string of the molecule is C=C=CCc1ccc(N(C)C)cc1. The van der Waals surface area contributed by atoms with Gasteiger partial charge in [-0.3, -0.25) is 0 Å². The molecule has 0 saturated carbocycles. The minimum absolute atomic E-state index is 0.914. The summed E-state index contributed by atoms with van der Waals surface area (Å²) in [6.07, 6.45) is 2.85. The molecule has 1 rings (SSSR count). The summed E-state index contributed by atoms with van der Waals surface area (Å²) >= 11 is 0. The highest BCUT2D eigenvalue weighted by atomic mass is 15.1. The molecule has 0 atom stereocenters. The number of benzene rings is 1. The van der Waals surface area contributed by atoms with Gasteiger partial charge in [-0.1, -0.05) is 18.7 Å². The lowest BCUT2D eigenvalue weighted by Crippen LogP contribution is -2.08. The van der Waals surface area contributed by atoms with Crippen LogP contribution in [0.2, 0.25) is 0 Å². The maximum atomic E-state index is 3.53. The topological polar surface area (TPSA) is 3.24 Å². The van der Waals surface area contributed by atoms with Crippen molar-refractivity contribution in [2.45, 2.75) is 6.42 Å². The molecule has 0 aromatic heterocycles. The Morgan fingerprint density at radius 2 is 1.92 bits per heavy atom. The molecule has 68 valence electrons. The van der Waals surface area contributed by atoms with Crippen LogP contribution in [0.25, 0.3) is 0 Å². The number of anilines is 1. The minimum atomic E-state index is 0.914. The van der Waals surface area contributed by atoms with Gasteiger partial charge in [-0.2, -0.15) is 0 Å². The lowest BCUT2D eigenvalue weighted by atomic mass is 10.1. The van der Waals surface area contributed by atoms with Crippen LogP contribution in [0.4, 0.5) is 5.69 Å². The smallest absolute Gasteiger partial charge is 0.0361 e. The zero-order valence-corrected chi connectivity index (χ0v) is 8.25. The van der Waals surface area contributed by atoms with E-state index in [9.17, 15) is 0 Å². The highest BCUT2D eigenvalue weighted by Crippen LogP contribution is 2.12. The molecule has 0 bridgehead atoms. The minimum Gasteiger partial charge on any atom is -0.378 e. The average Bonchev–Trinajstić information content (AvgIpc) is 2.15. The number of hydrogen-bond donors (Lipinski definition) is 0. The van der Waals surface area contributed by atoms with Crippen LogP contribution in [-0.2, 0) is 6.42 Å². The summed E-state index contributed by atoms with van der Waals surface area (Å²) in [6, 6.07) is 8.49. The standard InChI is InChI=1S/C12H15N/c1-4-5-6-11-7-9-12(10-8-11)13(2)3/h5,7-10H,1,6H2,2-3H3. The third-order valence-corrected chi connectivity index (χ3v) is 1.93. The van der Waals surface area contributed by atoms with Gasteiger partial charge in [-0.25, -0.2) is 0 Å². The third kappa shape index (κ3) is 2.81. The molecule has 0 heterocycles. The van der Waals surface area contributed by atoms with Crippen molar-refractivity contribution in [2.24, 2.45) is 0 Å². The largest absolute Gasteiger partial charge is 0.378 e. The van der Waals surface area contributed by atoms with Crippen LogP contribution in [0.3, 0.4) is 0 Å². The average molecular weight is 173 g/mol. The molecule has 0 aliphatic heterocycles. The molecule has 13 heavy (non-hydrogen) atoms. The Balaban J connectivity index is 2.75. The second-order valence-corrected chi connectivity index (χ2v) is 3.17. The van der Waals surface area contributed by atoms with E-state index in [1.54, 1.807) is 0 Å². The van der Waals surface area contributed by atoms with Gasteiger partial charge in [-0.15, -0.1) is 5.73 Å². The first-order valence-corrected chi connectivity index (χ1v) is 4.34. The number of hydrogen-bond acceptors (Lipinski definition) is 1. The van der Waals surface area contributed by atoms with E-state index < -0.39 is 0 Å². The van der Waals surface area contributed by atoms with Crippen LogP contribution >= 0.6 is 0 Å². The number of nitrogens with zero attached hydrogens (tertiary/aromatic N) is 1. The lowest BCUT2D eigenvalue weighted by molar-refractivity contribution is 1.13. The van der Waals surface area contributed by atoms with E-state index in [4.69, 9.17) is 0 Å². The summed E-state index contributed by atoms with van der Waals surface area (Å²) in [5.74, 6) is 0. The van der Waals surface area contributed by atoms with Gasteiger partial charge < -0.3 is 4.90 Å². The first-order chi connectivity index (χ1) is 6.24. The molecule has 0 spiro atoms. The van der Waals surface area contributed by atoms with Crippen molar-refractivity contribution >= 4 is 5.69 Å². The lowest BCUT2D eigenvalue weighted by Gasteiger charge is -2.12. The van der Waals surface area contributed by atoms with E-state index in [0.29, 0.717) is 0 Å². The Labute approximate surface area is 80.0 Å². The van der Waals surface area contributed by atoms with E-state index in [1.807, 2.05) is 20.2 Å². The summed E-state index contributed by atoms with van der Waals surface area (Å²) in [5.41, 5.74) is 5.29. The van der Waals surface area contributed by atoms with Gasteiger partial charge >= 0.3 is 0 Å². The molecule has 0 unspecified atom stereocenters. The van der Waals surface area contributed by atoms with Gasteiger partial charge in [0.05, 0.1) is 0 Å². The van der Waals surface area contributed by atoms with E-state index in [2.05, 4.69) is 41.5 Å². The first-order valence-electron chi connectivity index (χ1n) is 4.34. The monoisotopic (exact) mass is 173 g/mol. The molecule has 1 heteroatoms. The molecular formula is C12H15N. The Morgan fingerprint density at radius 3 is 2.38 bits per heavy atom. The normalized spacial score (nSPS) is 9.08. The number of rotatable bonds is 3. The summed E-state index contributed by atoms with van der Waals surface area (Å²) < 4.78 is 0. The molecule has 0 aliphatic carbocycles. The molecule has 1 nitrogen and oxygen atoms in total. The molecule has 0 N–H and O–H groups in total. The van der Waals surface area contributed by atoms with Gasteiger partial charge in [-0.05, 0) is 30.2 Å². The first kappa shape index (κ1) is 9.63. The fraction of sp³-hybridized carbons (Fsp3) is 0.250. The van der Waals surface area contributed by atoms with Crippen LogP contribution in [0.1, 0.15) is 5.56 Å². The Bertz CT molecular complexity index is 302. The number of allylic oxidation sites excluding steroid dienone is 1. The molecule has 0 fully saturated rings. The van der Waals surface area contributed by atoms with E-state index in [-0.39, 0.29) is 0 Å². The molecule has 0 radical (unpaired) electrons. The quantitative estimate of drug-likeness (QED) is 0.635. The van der Waals surface area contributed by atoms with Crippen molar-refractivity contribution in [1.29, 1.82) is 0 Å². The zero-order valence-electron chi connectivity index (χ0n) is 8.25. The summed E-state index contributed by atoms with van der Waals surface area (Å²) in [6.45, 7) is 3.53. The van der Waals surface area contributed by atoms with E-state index in [1.165, 1.54) is 11.3 Å². The zero-order chi connectivity index (χ0) is 9.68. The third-order valence-electron chi connectivity index (χ3n) is 1.93. The van der Waals surface area contributed by atoms with Crippen molar-refractivity contribution < 1.29 is 0 Å². The van der Waals surface area contributed by atoms with Gasteiger partial charge in [0.1, 0.15) is 0 Å². The van der Waals surface area contributed by atoms with Gasteiger partial charge in [0.25, 0.3) is 0 Å². The van der Waals surface area contributed by atoms with Crippen molar-refractivity contribution in [3.8, 4) is 0 Å². The molecule has 0 saturated heterocycles. The molecule has 0 amide bonds. The highest BCUT2D eigenvalue weighted by Gasteiger charge is 1.93. The molecule has 1 aromatic carbocycles. The second-order valence-electron chi connectivity index (χ2n) is 3.17. The van der Waals surface area contributed by atoms with Gasteiger partial charge in [0, 0.05) is 19.8 Å². The van der Waals surface area contributed by atoms with Crippen LogP contribution < -0.4 is 4.90 Å². The summed E-state index contributed by atoms with van der Waals surface area (Å²) in [4.78, 5) is 2.09. The fourth-order valence-corrected chi connectivity index (χ4v) is 1.12. The van der Waals surface area contributed by atoms with Crippen LogP contribution in [0, 0.1) is 0 Å². The van der Waals surface area contributed by atoms with Crippen molar-refractivity contribution in [3.05, 3.63) is 48.2 Å². The Kier molecular flexibility index (Phi) is 3.36. The van der Waals surface area contributed by atoms with Crippen molar-refractivity contribution in [1.82, 2.24) is 0 Å². The summed E-state index contributed by atoms with van der Waals surface area (Å²) in [5, 5.41) is 0. The Morgan fingerprint density at radius 1 is 1.31 bits per heavy atom. The van der Waals surface area contributed by atoms with Crippen LogP contribution in [0.15, 0.2) is 42.7 Å². The van der Waals surface area contributed by atoms with Crippen LogP contribution in [0.5, 0.6) is 0 Å². The molecule has 1 aromatic rings. The highest BCUT2D eigenvalue weighted by molar-refractivity contribution is 5.46. The maximum absolute atomic E-state index is 3.53.